The van der Waals surface area contributed by atoms with E-state index in [1.807, 2.05) is 36.4 Å². The highest BCUT2D eigenvalue weighted by molar-refractivity contribution is 5.83. The van der Waals surface area contributed by atoms with Crippen molar-refractivity contribution in [3.05, 3.63) is 48.0 Å². The third-order valence-corrected chi connectivity index (χ3v) is 3.31. The molecule has 2 aromatic rings. The summed E-state index contributed by atoms with van der Waals surface area (Å²) in [6, 6.07) is 14.1. The van der Waals surface area contributed by atoms with Gasteiger partial charge in [0.1, 0.15) is 12.2 Å². The Hall–Kier alpha value is -1.42. The molecule has 1 saturated heterocycles. The van der Waals surface area contributed by atoms with E-state index in [0.717, 1.165) is 10.9 Å². The van der Waals surface area contributed by atoms with Crippen LogP contribution in [0.1, 0.15) is 11.7 Å². The maximum Gasteiger partial charge on any atom is 0.111 e. The van der Waals surface area contributed by atoms with E-state index in [2.05, 4.69) is 6.07 Å². The molecule has 0 radical (unpaired) electrons. The van der Waals surface area contributed by atoms with Crippen LogP contribution in [0, 0.1) is 0 Å². The van der Waals surface area contributed by atoms with Gasteiger partial charge in [-0.2, -0.15) is 0 Å². The van der Waals surface area contributed by atoms with E-state index in [1.54, 1.807) is 0 Å². The van der Waals surface area contributed by atoms with Gasteiger partial charge in [-0.25, -0.2) is 0 Å². The molecule has 3 rings (SSSR count). The molecule has 1 aliphatic rings. The van der Waals surface area contributed by atoms with Crippen LogP contribution in [0.2, 0.25) is 0 Å². The van der Waals surface area contributed by atoms with Crippen LogP contribution in [0.5, 0.6) is 0 Å². The first-order valence-corrected chi connectivity index (χ1v) is 6.21. The van der Waals surface area contributed by atoms with Crippen LogP contribution in [0.15, 0.2) is 42.5 Å². The molecule has 3 nitrogen and oxygen atoms in total. The van der Waals surface area contributed by atoms with Crippen molar-refractivity contribution in [1.82, 2.24) is 0 Å². The number of hydrogen-bond acceptors (Lipinski definition) is 3. The number of aliphatic hydroxyl groups excluding tert-OH is 1. The van der Waals surface area contributed by atoms with Crippen LogP contribution < -0.4 is 0 Å². The van der Waals surface area contributed by atoms with E-state index in [-0.39, 0.29) is 6.10 Å². The van der Waals surface area contributed by atoms with E-state index in [4.69, 9.17) is 9.47 Å². The monoisotopic (exact) mass is 244 g/mol. The second-order valence-corrected chi connectivity index (χ2v) is 4.54. The van der Waals surface area contributed by atoms with Gasteiger partial charge in [0.05, 0.1) is 19.8 Å². The van der Waals surface area contributed by atoms with Crippen LogP contribution in [-0.4, -0.2) is 31.0 Å². The molecule has 2 unspecified atom stereocenters. The molecule has 2 atom stereocenters. The normalized spacial score (nSPS) is 21.9. The lowest BCUT2D eigenvalue weighted by molar-refractivity contribution is -0.133. The number of benzene rings is 2. The molecule has 0 saturated carbocycles. The number of rotatable bonds is 2. The molecule has 0 amide bonds. The topological polar surface area (TPSA) is 38.7 Å². The predicted molar refractivity (Wildman–Crippen MR) is 69.5 cm³/mol. The largest absolute Gasteiger partial charge is 0.386 e. The molecule has 0 aromatic heterocycles. The fourth-order valence-corrected chi connectivity index (χ4v) is 2.29. The number of fused-ring (bicyclic) bond motifs is 1. The third-order valence-electron chi connectivity index (χ3n) is 3.31. The molecule has 0 bridgehead atoms. The van der Waals surface area contributed by atoms with Crippen LogP contribution in [-0.2, 0) is 9.47 Å². The first-order chi connectivity index (χ1) is 8.84. The summed E-state index contributed by atoms with van der Waals surface area (Å²) in [4.78, 5) is 0. The van der Waals surface area contributed by atoms with Crippen molar-refractivity contribution in [2.45, 2.75) is 12.2 Å². The quantitative estimate of drug-likeness (QED) is 0.881. The van der Waals surface area contributed by atoms with Crippen LogP contribution >= 0.6 is 0 Å². The molecular formula is C15H16O3. The molecular weight excluding hydrogens is 228 g/mol. The molecule has 1 heterocycles. The standard InChI is InChI=1S/C15H16O3/c16-15(14-10-17-7-8-18-14)13-6-5-11-3-1-2-4-12(11)9-13/h1-6,9,14-16H,7-8,10H2. The zero-order chi connectivity index (χ0) is 12.4. The second kappa shape index (κ2) is 5.06. The highest BCUT2D eigenvalue weighted by Crippen LogP contribution is 2.25. The number of aliphatic hydroxyl groups is 1. The lowest BCUT2D eigenvalue weighted by Gasteiger charge is -2.27. The fraction of sp³-hybridized carbons (Fsp3) is 0.333. The van der Waals surface area contributed by atoms with Gasteiger partial charge in [-0.15, -0.1) is 0 Å². The molecule has 1 aliphatic heterocycles. The molecule has 18 heavy (non-hydrogen) atoms. The Morgan fingerprint density at radius 2 is 1.89 bits per heavy atom. The van der Waals surface area contributed by atoms with Gasteiger partial charge in [-0.05, 0) is 22.4 Å². The first kappa shape index (κ1) is 11.7. The lowest BCUT2D eigenvalue weighted by Crippen LogP contribution is -2.33. The fourth-order valence-electron chi connectivity index (χ4n) is 2.29. The Kier molecular flexibility index (Phi) is 3.28. The highest BCUT2D eigenvalue weighted by Gasteiger charge is 2.24. The van der Waals surface area contributed by atoms with Crippen molar-refractivity contribution in [2.24, 2.45) is 0 Å². The van der Waals surface area contributed by atoms with Gasteiger partial charge >= 0.3 is 0 Å². The Morgan fingerprint density at radius 1 is 1.06 bits per heavy atom. The molecule has 0 spiro atoms. The SMILES string of the molecule is OC(c1ccc2ccccc2c1)C1COCCO1. The first-order valence-electron chi connectivity index (χ1n) is 6.21. The van der Waals surface area contributed by atoms with Crippen LogP contribution in [0.25, 0.3) is 10.8 Å². The van der Waals surface area contributed by atoms with Gasteiger partial charge < -0.3 is 14.6 Å². The molecule has 1 N–H and O–H groups in total. The average molecular weight is 244 g/mol. The summed E-state index contributed by atoms with van der Waals surface area (Å²) in [5.41, 5.74) is 0.879. The van der Waals surface area contributed by atoms with Crippen molar-refractivity contribution in [3.8, 4) is 0 Å². The Balaban J connectivity index is 1.88. The van der Waals surface area contributed by atoms with E-state index in [9.17, 15) is 5.11 Å². The highest BCUT2D eigenvalue weighted by atomic mass is 16.6. The van der Waals surface area contributed by atoms with Crippen molar-refractivity contribution >= 4 is 10.8 Å². The summed E-state index contributed by atoms with van der Waals surface area (Å²) < 4.78 is 10.9. The Bertz CT molecular complexity index is 532. The smallest absolute Gasteiger partial charge is 0.111 e. The van der Waals surface area contributed by atoms with Crippen molar-refractivity contribution < 1.29 is 14.6 Å². The molecule has 0 aliphatic carbocycles. The van der Waals surface area contributed by atoms with Gasteiger partial charge in [-0.1, -0.05) is 36.4 Å². The summed E-state index contributed by atoms with van der Waals surface area (Å²) in [6.45, 7) is 1.62. The summed E-state index contributed by atoms with van der Waals surface area (Å²) in [7, 11) is 0. The van der Waals surface area contributed by atoms with Crippen molar-refractivity contribution in [1.29, 1.82) is 0 Å². The summed E-state index contributed by atoms with van der Waals surface area (Å²) in [5.74, 6) is 0. The maximum atomic E-state index is 10.3. The number of ether oxygens (including phenoxy) is 2. The third kappa shape index (κ3) is 2.25. The molecule has 94 valence electrons. The molecule has 2 aromatic carbocycles. The molecule has 3 heteroatoms. The van der Waals surface area contributed by atoms with E-state index in [1.165, 1.54) is 5.39 Å². The van der Waals surface area contributed by atoms with Crippen molar-refractivity contribution in [2.75, 3.05) is 19.8 Å². The minimum Gasteiger partial charge on any atom is -0.386 e. The summed E-state index contributed by atoms with van der Waals surface area (Å²) in [6.07, 6.45) is -0.894. The van der Waals surface area contributed by atoms with Crippen LogP contribution in [0.3, 0.4) is 0 Å². The Morgan fingerprint density at radius 3 is 2.67 bits per heavy atom. The van der Waals surface area contributed by atoms with Gasteiger partial charge in [0, 0.05) is 0 Å². The van der Waals surface area contributed by atoms with E-state index >= 15 is 0 Å². The van der Waals surface area contributed by atoms with Gasteiger partial charge in [0.2, 0.25) is 0 Å². The van der Waals surface area contributed by atoms with Crippen LogP contribution in [0.4, 0.5) is 0 Å². The minimum absolute atomic E-state index is 0.264. The number of hydrogen-bond donors (Lipinski definition) is 1. The zero-order valence-electron chi connectivity index (χ0n) is 10.1. The van der Waals surface area contributed by atoms with E-state index < -0.39 is 6.10 Å². The zero-order valence-corrected chi connectivity index (χ0v) is 10.1. The lowest BCUT2D eigenvalue weighted by atomic mass is 10.0. The van der Waals surface area contributed by atoms with E-state index in [0.29, 0.717) is 19.8 Å². The van der Waals surface area contributed by atoms with Gasteiger partial charge in [-0.3, -0.25) is 0 Å². The Labute approximate surface area is 106 Å². The summed E-state index contributed by atoms with van der Waals surface area (Å²) in [5, 5.41) is 12.6. The van der Waals surface area contributed by atoms with Gasteiger partial charge in [0.25, 0.3) is 0 Å². The molecule has 1 fully saturated rings. The minimum atomic E-state index is -0.630. The van der Waals surface area contributed by atoms with Crippen molar-refractivity contribution in [3.63, 3.8) is 0 Å². The average Bonchev–Trinajstić information content (AvgIpc) is 2.47. The summed E-state index contributed by atoms with van der Waals surface area (Å²) >= 11 is 0. The van der Waals surface area contributed by atoms with Gasteiger partial charge in [0.15, 0.2) is 0 Å². The maximum absolute atomic E-state index is 10.3. The predicted octanol–water partition coefficient (Wildman–Crippen LogP) is 2.29. The second-order valence-electron chi connectivity index (χ2n) is 4.54.